The number of rotatable bonds is 5. The molecule has 0 aliphatic heterocycles. The van der Waals surface area contributed by atoms with Gasteiger partial charge in [-0.1, -0.05) is 32.9 Å². The molecule has 2 amide bonds. The van der Waals surface area contributed by atoms with Crippen LogP contribution in [0, 0.1) is 0 Å². The second-order valence-electron chi connectivity index (χ2n) is 10.7. The molecule has 0 bridgehead atoms. The molecule has 2 N–H and O–H groups in total. The zero-order valence-electron chi connectivity index (χ0n) is 22.5. The minimum Gasteiger partial charge on any atom is -0.475 e. The van der Waals surface area contributed by atoms with E-state index >= 15 is 0 Å². The molecule has 210 valence electrons. The molecule has 2 heterocycles. The van der Waals surface area contributed by atoms with Gasteiger partial charge in [-0.15, -0.1) is 0 Å². The molecule has 1 unspecified atom stereocenters. The first-order valence-electron chi connectivity index (χ1n) is 11.9. The average Bonchev–Trinajstić information content (AvgIpc) is 3.36. The third kappa shape index (κ3) is 8.98. The third-order valence-corrected chi connectivity index (χ3v) is 5.23. The average molecular weight is 548 g/mol. The summed E-state index contributed by atoms with van der Waals surface area (Å²) in [5.74, 6) is -3.28. The van der Waals surface area contributed by atoms with Crippen LogP contribution in [-0.2, 0) is 15.0 Å². The number of halogens is 3. The number of carboxylic acid groups (broad SMARTS) is 1. The molecule has 3 rings (SSSR count). The number of carbonyl (C=O) groups excluding carboxylic acids is 2. The van der Waals surface area contributed by atoms with Crippen LogP contribution in [0.2, 0.25) is 0 Å². The van der Waals surface area contributed by atoms with Crippen LogP contribution in [0.1, 0.15) is 69.3 Å². The Balaban J connectivity index is 0.000000673. The number of carbonyl (C=O) groups is 3. The smallest absolute Gasteiger partial charge is 0.475 e. The summed E-state index contributed by atoms with van der Waals surface area (Å²) in [4.78, 5) is 41.6. The van der Waals surface area contributed by atoms with Crippen LogP contribution in [0.5, 0.6) is 0 Å². The van der Waals surface area contributed by atoms with Crippen molar-refractivity contribution in [3.8, 4) is 0 Å². The number of hydrogen-bond acceptors (Lipinski definition) is 5. The second-order valence-corrected chi connectivity index (χ2v) is 10.7. The Bertz CT molecular complexity index is 1240. The zero-order valence-corrected chi connectivity index (χ0v) is 22.5. The van der Waals surface area contributed by atoms with Gasteiger partial charge < -0.3 is 14.8 Å². The topological polar surface area (TPSA) is 113 Å². The lowest BCUT2D eigenvalue weighted by molar-refractivity contribution is -0.192. The van der Waals surface area contributed by atoms with Gasteiger partial charge in [0, 0.05) is 23.6 Å². The van der Waals surface area contributed by atoms with E-state index in [1.807, 2.05) is 45.0 Å². The molecule has 1 aromatic carbocycles. The van der Waals surface area contributed by atoms with Crippen LogP contribution in [0.15, 0.2) is 71.6 Å². The summed E-state index contributed by atoms with van der Waals surface area (Å²) >= 11 is 0. The van der Waals surface area contributed by atoms with E-state index in [9.17, 15) is 22.8 Å². The highest BCUT2D eigenvalue weighted by molar-refractivity contribution is 6.08. The van der Waals surface area contributed by atoms with Crippen LogP contribution < -0.4 is 10.2 Å². The second kappa shape index (κ2) is 12.1. The lowest BCUT2D eigenvalue weighted by Crippen LogP contribution is -2.49. The van der Waals surface area contributed by atoms with Crippen molar-refractivity contribution in [1.29, 1.82) is 0 Å². The Morgan fingerprint density at radius 3 is 1.87 bits per heavy atom. The van der Waals surface area contributed by atoms with Gasteiger partial charge in [0.15, 0.2) is 5.76 Å². The lowest BCUT2D eigenvalue weighted by Gasteiger charge is -2.33. The number of alkyl halides is 3. The number of amides is 2. The van der Waals surface area contributed by atoms with Crippen molar-refractivity contribution < 1.29 is 37.1 Å². The number of pyridine rings is 1. The SMILES string of the molecule is CC(C)(C)NC(=O)C(c1ccncc1)N(C(=O)c1ccco1)c1ccc(C(C)(C)C)cc1.O=C(O)C(F)(F)F. The van der Waals surface area contributed by atoms with Crippen LogP contribution in [0.25, 0.3) is 0 Å². The third-order valence-electron chi connectivity index (χ3n) is 5.23. The molecule has 39 heavy (non-hydrogen) atoms. The molecule has 8 nitrogen and oxygen atoms in total. The first-order chi connectivity index (χ1) is 17.9. The predicted octanol–water partition coefficient (Wildman–Crippen LogP) is 5.91. The summed E-state index contributed by atoms with van der Waals surface area (Å²) < 4.78 is 37.1. The molecule has 0 saturated heterocycles. The van der Waals surface area contributed by atoms with Crippen molar-refractivity contribution in [1.82, 2.24) is 10.3 Å². The molecule has 0 aliphatic carbocycles. The van der Waals surface area contributed by atoms with E-state index < -0.39 is 29.6 Å². The van der Waals surface area contributed by atoms with Crippen LogP contribution >= 0.6 is 0 Å². The van der Waals surface area contributed by atoms with Crippen molar-refractivity contribution in [2.24, 2.45) is 0 Å². The Morgan fingerprint density at radius 1 is 0.923 bits per heavy atom. The summed E-state index contributed by atoms with van der Waals surface area (Å²) in [7, 11) is 0. The Labute approximate surface area is 224 Å². The number of benzene rings is 1. The molecule has 11 heteroatoms. The van der Waals surface area contributed by atoms with Gasteiger partial charge in [0.05, 0.1) is 6.26 Å². The van der Waals surface area contributed by atoms with Gasteiger partial charge in [0.25, 0.3) is 5.91 Å². The molecule has 0 radical (unpaired) electrons. The molecule has 0 aliphatic rings. The molecule has 3 aromatic rings. The molecule has 2 aromatic heterocycles. The van der Waals surface area contributed by atoms with Gasteiger partial charge in [-0.25, -0.2) is 4.79 Å². The summed E-state index contributed by atoms with van der Waals surface area (Å²) in [6, 6.07) is 13.6. The number of anilines is 1. The number of furan rings is 1. The molecule has 0 saturated carbocycles. The van der Waals surface area contributed by atoms with E-state index in [0.717, 1.165) is 5.56 Å². The summed E-state index contributed by atoms with van der Waals surface area (Å²) in [6.07, 6.45) is -0.402. The fourth-order valence-corrected chi connectivity index (χ4v) is 3.43. The highest BCUT2D eigenvalue weighted by Crippen LogP contribution is 2.32. The van der Waals surface area contributed by atoms with Crippen LogP contribution in [0.3, 0.4) is 0 Å². The largest absolute Gasteiger partial charge is 0.490 e. The van der Waals surface area contributed by atoms with E-state index in [-0.39, 0.29) is 17.1 Å². The van der Waals surface area contributed by atoms with Crippen molar-refractivity contribution in [2.75, 3.05) is 4.90 Å². The van der Waals surface area contributed by atoms with E-state index in [4.69, 9.17) is 14.3 Å². The van der Waals surface area contributed by atoms with Crippen molar-refractivity contribution in [3.63, 3.8) is 0 Å². The number of aromatic nitrogens is 1. The number of carboxylic acids is 1. The fourth-order valence-electron chi connectivity index (χ4n) is 3.43. The maximum atomic E-state index is 13.6. The summed E-state index contributed by atoms with van der Waals surface area (Å²) in [6.45, 7) is 12.1. The standard InChI is InChI=1S/C26H31N3O3.C2HF3O2/c1-25(2,3)19-9-11-20(12-10-19)29(24(31)21-8-7-17-32-21)22(18-13-15-27-16-14-18)23(30)28-26(4,5)6;3-2(4,5)1(6)7/h7-17,22H,1-6H3,(H,28,30);(H,6,7). The molecule has 0 spiro atoms. The van der Waals surface area contributed by atoms with E-state index in [1.165, 1.54) is 11.2 Å². The van der Waals surface area contributed by atoms with Crippen molar-refractivity contribution in [3.05, 3.63) is 84.1 Å². The Hall–Kier alpha value is -4.15. The van der Waals surface area contributed by atoms with Gasteiger partial charge in [0.2, 0.25) is 5.91 Å². The summed E-state index contributed by atoms with van der Waals surface area (Å²) in [5.41, 5.74) is 1.87. The van der Waals surface area contributed by atoms with E-state index in [2.05, 4.69) is 31.1 Å². The van der Waals surface area contributed by atoms with Crippen LogP contribution in [-0.4, -0.2) is 39.6 Å². The minimum absolute atomic E-state index is 0.0392. The maximum absolute atomic E-state index is 13.6. The molecular weight excluding hydrogens is 515 g/mol. The summed E-state index contributed by atoms with van der Waals surface area (Å²) in [5, 5.41) is 10.1. The highest BCUT2D eigenvalue weighted by atomic mass is 19.4. The predicted molar refractivity (Wildman–Crippen MR) is 139 cm³/mol. The normalized spacial score (nSPS) is 12.5. The highest BCUT2D eigenvalue weighted by Gasteiger charge is 2.38. The molecule has 1 atom stereocenters. The number of aliphatic carboxylic acids is 1. The van der Waals surface area contributed by atoms with E-state index in [1.54, 1.807) is 36.7 Å². The number of nitrogens with zero attached hydrogens (tertiary/aromatic N) is 2. The first kappa shape index (κ1) is 31.1. The fraction of sp³-hybridized carbons (Fsp3) is 0.357. The number of hydrogen-bond donors (Lipinski definition) is 2. The van der Waals surface area contributed by atoms with E-state index in [0.29, 0.717) is 11.3 Å². The minimum atomic E-state index is -5.08. The van der Waals surface area contributed by atoms with Crippen molar-refractivity contribution >= 4 is 23.5 Å². The molecule has 0 fully saturated rings. The van der Waals surface area contributed by atoms with Gasteiger partial charge >= 0.3 is 12.1 Å². The first-order valence-corrected chi connectivity index (χ1v) is 11.9. The maximum Gasteiger partial charge on any atom is 0.490 e. The van der Waals surface area contributed by atoms with Crippen LogP contribution in [0.4, 0.5) is 18.9 Å². The van der Waals surface area contributed by atoms with Gasteiger partial charge in [-0.3, -0.25) is 19.5 Å². The van der Waals surface area contributed by atoms with Gasteiger partial charge in [0.1, 0.15) is 6.04 Å². The number of nitrogens with one attached hydrogen (secondary N) is 1. The lowest BCUT2D eigenvalue weighted by atomic mass is 9.87. The van der Waals surface area contributed by atoms with Gasteiger partial charge in [-0.05, 0) is 73.7 Å². The quantitative estimate of drug-likeness (QED) is 0.411. The monoisotopic (exact) mass is 547 g/mol. The Kier molecular flexibility index (Phi) is 9.67. The molecular formula is C28H32F3N3O5. The van der Waals surface area contributed by atoms with Gasteiger partial charge in [-0.2, -0.15) is 13.2 Å². The Morgan fingerprint density at radius 2 is 1.46 bits per heavy atom. The zero-order chi connectivity index (χ0) is 29.6. The van der Waals surface area contributed by atoms with Crippen molar-refractivity contribution in [2.45, 2.75) is 64.7 Å².